The van der Waals surface area contributed by atoms with Crippen LogP contribution in [0.15, 0.2) is 48.5 Å². The number of rotatable bonds is 8. The number of anilines is 1. The van der Waals surface area contributed by atoms with Crippen LogP contribution in [-0.2, 0) is 0 Å². The Bertz CT molecular complexity index is 684. The van der Waals surface area contributed by atoms with E-state index in [2.05, 4.69) is 24.5 Å². The minimum absolute atomic E-state index is 0.0728. The predicted octanol–water partition coefficient (Wildman–Crippen LogP) is 3.23. The van der Waals surface area contributed by atoms with Crippen molar-refractivity contribution in [1.29, 1.82) is 0 Å². The molecule has 1 unspecified atom stereocenters. The van der Waals surface area contributed by atoms with Gasteiger partial charge in [-0.3, -0.25) is 4.79 Å². The Kier molecular flexibility index (Phi) is 6.83. The van der Waals surface area contributed by atoms with E-state index in [1.165, 1.54) is 0 Å². The summed E-state index contributed by atoms with van der Waals surface area (Å²) in [5, 5.41) is 15.0. The van der Waals surface area contributed by atoms with Gasteiger partial charge < -0.3 is 20.5 Å². The monoisotopic (exact) mass is 342 g/mol. The number of hydrogen-bond acceptors (Lipinski definition) is 4. The number of hydrogen-bond donors (Lipinski definition) is 3. The normalized spacial score (nSPS) is 11.9. The Balaban J connectivity index is 2.17. The third kappa shape index (κ3) is 5.22. The zero-order valence-corrected chi connectivity index (χ0v) is 15.0. The van der Waals surface area contributed by atoms with E-state index in [1.54, 1.807) is 13.2 Å². The molecule has 0 aliphatic heterocycles. The van der Waals surface area contributed by atoms with Gasteiger partial charge in [0.2, 0.25) is 0 Å². The van der Waals surface area contributed by atoms with Crippen molar-refractivity contribution >= 4 is 11.6 Å². The van der Waals surface area contributed by atoms with Crippen molar-refractivity contribution in [2.24, 2.45) is 5.92 Å². The number of carbonyl (C=O) groups excluding carboxylic acids is 1. The zero-order valence-electron chi connectivity index (χ0n) is 15.0. The lowest BCUT2D eigenvalue weighted by Gasteiger charge is -2.24. The van der Waals surface area contributed by atoms with Crippen molar-refractivity contribution in [2.75, 3.05) is 25.6 Å². The summed E-state index contributed by atoms with van der Waals surface area (Å²) in [4.78, 5) is 12.1. The molecule has 1 atom stereocenters. The summed E-state index contributed by atoms with van der Waals surface area (Å²) in [6, 6.07) is 15.5. The lowest BCUT2D eigenvalue weighted by Crippen LogP contribution is -2.26. The first-order valence-corrected chi connectivity index (χ1v) is 8.44. The summed E-state index contributed by atoms with van der Waals surface area (Å²) in [6.45, 7) is 4.48. The van der Waals surface area contributed by atoms with Crippen LogP contribution in [0.1, 0.15) is 35.8 Å². The highest BCUT2D eigenvalue weighted by atomic mass is 16.5. The molecule has 0 radical (unpaired) electrons. The van der Waals surface area contributed by atoms with Gasteiger partial charge in [0.25, 0.3) is 5.91 Å². The third-order valence-electron chi connectivity index (χ3n) is 3.99. The Morgan fingerprint density at radius 3 is 2.48 bits per heavy atom. The molecule has 0 aromatic heterocycles. The lowest BCUT2D eigenvalue weighted by molar-refractivity contribution is 0.0945. The van der Waals surface area contributed by atoms with Gasteiger partial charge in [0.05, 0.1) is 19.8 Å². The summed E-state index contributed by atoms with van der Waals surface area (Å²) < 4.78 is 5.22. The van der Waals surface area contributed by atoms with E-state index in [0.29, 0.717) is 11.5 Å². The van der Waals surface area contributed by atoms with Crippen molar-refractivity contribution < 1.29 is 14.6 Å². The van der Waals surface area contributed by atoms with Crippen LogP contribution in [0.25, 0.3) is 0 Å². The molecule has 0 aliphatic carbocycles. The number of benzene rings is 2. The minimum atomic E-state index is -0.191. The first kappa shape index (κ1) is 18.8. The number of aliphatic hydroxyl groups is 1. The van der Waals surface area contributed by atoms with Crippen LogP contribution in [-0.4, -0.2) is 31.3 Å². The topological polar surface area (TPSA) is 70.6 Å². The first-order valence-electron chi connectivity index (χ1n) is 8.44. The van der Waals surface area contributed by atoms with Gasteiger partial charge in [0.1, 0.15) is 5.75 Å². The van der Waals surface area contributed by atoms with Crippen molar-refractivity contribution in [3.63, 3.8) is 0 Å². The first-order chi connectivity index (χ1) is 12.0. The smallest absolute Gasteiger partial charge is 0.251 e. The fourth-order valence-electron chi connectivity index (χ4n) is 2.65. The van der Waals surface area contributed by atoms with Gasteiger partial charge in [-0.15, -0.1) is 0 Å². The molecule has 3 N–H and O–H groups in total. The summed E-state index contributed by atoms with van der Waals surface area (Å²) in [7, 11) is 1.65. The summed E-state index contributed by atoms with van der Waals surface area (Å²) >= 11 is 0. The van der Waals surface area contributed by atoms with Crippen molar-refractivity contribution in [1.82, 2.24) is 5.32 Å². The molecule has 5 heteroatoms. The maximum Gasteiger partial charge on any atom is 0.251 e. The maximum atomic E-state index is 12.1. The molecule has 0 bridgehead atoms. The Morgan fingerprint density at radius 1 is 1.16 bits per heavy atom. The van der Waals surface area contributed by atoms with Crippen LogP contribution in [0.2, 0.25) is 0 Å². The van der Waals surface area contributed by atoms with E-state index in [9.17, 15) is 4.79 Å². The Hall–Kier alpha value is -2.53. The molecular formula is C20H26N2O3. The van der Waals surface area contributed by atoms with Gasteiger partial charge in [0, 0.05) is 17.8 Å². The molecule has 134 valence electrons. The Labute approximate surface area is 149 Å². The molecule has 0 heterocycles. The van der Waals surface area contributed by atoms with Gasteiger partial charge in [-0.05, 0) is 41.8 Å². The predicted molar refractivity (Wildman–Crippen MR) is 100 cm³/mol. The van der Waals surface area contributed by atoms with E-state index in [0.717, 1.165) is 17.0 Å². The molecule has 2 aromatic carbocycles. The summed E-state index contributed by atoms with van der Waals surface area (Å²) in [5.41, 5.74) is 2.60. The number of ether oxygens (including phenoxy) is 1. The largest absolute Gasteiger partial charge is 0.497 e. The van der Waals surface area contributed by atoms with Gasteiger partial charge in [0.15, 0.2) is 0 Å². The Morgan fingerprint density at radius 2 is 1.88 bits per heavy atom. The van der Waals surface area contributed by atoms with Gasteiger partial charge in [-0.1, -0.05) is 32.0 Å². The summed E-state index contributed by atoms with van der Waals surface area (Å²) in [6.07, 6.45) is 0. The molecule has 2 aromatic rings. The second kappa shape index (κ2) is 9.08. The van der Waals surface area contributed by atoms with E-state index < -0.39 is 0 Å². The average molecular weight is 342 g/mol. The number of carbonyl (C=O) groups is 1. The molecule has 0 spiro atoms. The molecule has 1 amide bonds. The van der Waals surface area contributed by atoms with Gasteiger partial charge in [-0.25, -0.2) is 0 Å². The highest BCUT2D eigenvalue weighted by molar-refractivity contribution is 5.95. The molecule has 0 aliphatic rings. The second-order valence-electron chi connectivity index (χ2n) is 6.20. The second-order valence-corrected chi connectivity index (χ2v) is 6.20. The molecule has 0 saturated heterocycles. The van der Waals surface area contributed by atoms with Gasteiger partial charge in [-0.2, -0.15) is 0 Å². The average Bonchev–Trinajstić information content (AvgIpc) is 2.64. The fourth-order valence-corrected chi connectivity index (χ4v) is 2.65. The maximum absolute atomic E-state index is 12.1. The number of nitrogens with one attached hydrogen (secondary N) is 2. The van der Waals surface area contributed by atoms with E-state index in [4.69, 9.17) is 9.84 Å². The van der Waals surface area contributed by atoms with Crippen LogP contribution in [0.3, 0.4) is 0 Å². The molecule has 0 saturated carbocycles. The van der Waals surface area contributed by atoms with Gasteiger partial charge >= 0.3 is 0 Å². The lowest BCUT2D eigenvalue weighted by atomic mass is 9.95. The van der Waals surface area contributed by atoms with Crippen LogP contribution < -0.4 is 15.4 Å². The third-order valence-corrected chi connectivity index (χ3v) is 3.99. The van der Waals surface area contributed by atoms with E-state index in [1.807, 2.05) is 42.5 Å². The molecule has 0 fully saturated rings. The van der Waals surface area contributed by atoms with Crippen molar-refractivity contribution in [3.05, 3.63) is 59.7 Å². The SMILES string of the molecule is COc1ccc(C(Nc2cccc(C(=O)NCCO)c2)C(C)C)cc1. The van der Waals surface area contributed by atoms with Crippen LogP contribution in [0.5, 0.6) is 5.75 Å². The van der Waals surface area contributed by atoms with E-state index in [-0.39, 0.29) is 25.1 Å². The molecule has 25 heavy (non-hydrogen) atoms. The van der Waals surface area contributed by atoms with Crippen molar-refractivity contribution in [2.45, 2.75) is 19.9 Å². The molecular weight excluding hydrogens is 316 g/mol. The van der Waals surface area contributed by atoms with E-state index >= 15 is 0 Å². The fraction of sp³-hybridized carbons (Fsp3) is 0.350. The zero-order chi connectivity index (χ0) is 18.2. The molecule has 2 rings (SSSR count). The van der Waals surface area contributed by atoms with Crippen LogP contribution in [0.4, 0.5) is 5.69 Å². The quantitative estimate of drug-likeness (QED) is 0.689. The standard InChI is InChI=1S/C20H26N2O3/c1-14(2)19(15-7-9-18(25-3)10-8-15)22-17-6-4-5-16(13-17)20(24)21-11-12-23/h4-10,13-14,19,22-23H,11-12H2,1-3H3,(H,21,24). The molecule has 5 nitrogen and oxygen atoms in total. The van der Waals surface area contributed by atoms with Crippen LogP contribution >= 0.6 is 0 Å². The highest BCUT2D eigenvalue weighted by Gasteiger charge is 2.16. The highest BCUT2D eigenvalue weighted by Crippen LogP contribution is 2.28. The number of aliphatic hydroxyl groups excluding tert-OH is 1. The number of amides is 1. The number of methoxy groups -OCH3 is 1. The van der Waals surface area contributed by atoms with Crippen molar-refractivity contribution in [3.8, 4) is 5.75 Å². The van der Waals surface area contributed by atoms with Crippen LogP contribution in [0, 0.1) is 5.92 Å². The summed E-state index contributed by atoms with van der Waals surface area (Å²) in [5.74, 6) is 0.998. The minimum Gasteiger partial charge on any atom is -0.497 e.